The van der Waals surface area contributed by atoms with Gasteiger partial charge < -0.3 is 28.8 Å². The summed E-state index contributed by atoms with van der Waals surface area (Å²) in [5, 5.41) is 13.9. The summed E-state index contributed by atoms with van der Waals surface area (Å²) in [6.07, 6.45) is 77.6. The van der Waals surface area contributed by atoms with E-state index in [0.717, 1.165) is 89.9 Å². The Morgan fingerprint density at radius 1 is 0.493 bits per heavy atom. The quantitative estimate of drug-likeness (QED) is 0.0272. The van der Waals surface area contributed by atoms with Crippen molar-refractivity contribution < 1.29 is 32.9 Å². The smallest absolute Gasteiger partial charge is 0.268 e. The molecule has 0 radical (unpaired) electrons. The van der Waals surface area contributed by atoms with Gasteiger partial charge in [-0.1, -0.05) is 265 Å². The van der Waals surface area contributed by atoms with E-state index in [2.05, 4.69) is 104 Å². The normalized spacial score (nSPS) is 14.6. The summed E-state index contributed by atoms with van der Waals surface area (Å²) in [4.78, 5) is 25.5. The van der Waals surface area contributed by atoms with Crippen LogP contribution in [0.25, 0.3) is 0 Å². The van der Waals surface area contributed by atoms with Crippen molar-refractivity contribution in [3.63, 3.8) is 0 Å². The molecule has 8 nitrogen and oxygen atoms in total. The number of phosphoric ester groups is 1. The highest BCUT2D eigenvalue weighted by Crippen LogP contribution is 2.38. The zero-order valence-corrected chi connectivity index (χ0v) is 49.0. The fourth-order valence-corrected chi connectivity index (χ4v) is 9.09. The molecule has 0 saturated carbocycles. The first-order valence-corrected chi connectivity index (χ1v) is 31.6. The van der Waals surface area contributed by atoms with Crippen molar-refractivity contribution in [2.45, 2.75) is 264 Å². The molecule has 9 heteroatoms. The van der Waals surface area contributed by atoms with E-state index in [1.165, 1.54) is 141 Å². The molecule has 3 unspecified atom stereocenters. The number of nitrogens with zero attached hydrogens (tertiary/aromatic N) is 1. The second-order valence-electron chi connectivity index (χ2n) is 21.3. The van der Waals surface area contributed by atoms with Gasteiger partial charge in [0.25, 0.3) is 7.82 Å². The van der Waals surface area contributed by atoms with Gasteiger partial charge in [0.2, 0.25) is 5.91 Å². The zero-order chi connectivity index (χ0) is 53.5. The molecular formula is C64H115N2O6P. The van der Waals surface area contributed by atoms with Crippen LogP contribution in [-0.2, 0) is 18.4 Å². The average Bonchev–Trinajstić information content (AvgIpc) is 3.35. The number of nitrogens with one attached hydrogen (secondary N) is 1. The van der Waals surface area contributed by atoms with Crippen LogP contribution in [-0.4, -0.2) is 68.5 Å². The third-order valence-electron chi connectivity index (χ3n) is 13.0. The number of unbranched alkanes of at least 4 members (excludes halogenated alkanes) is 27. The Kier molecular flexibility index (Phi) is 52.3. The number of amides is 1. The molecule has 73 heavy (non-hydrogen) atoms. The maximum absolute atomic E-state index is 13.0. The van der Waals surface area contributed by atoms with Crippen LogP contribution in [0.2, 0.25) is 0 Å². The Morgan fingerprint density at radius 2 is 0.836 bits per heavy atom. The minimum atomic E-state index is -4.61. The molecule has 0 aliphatic carbocycles. The molecule has 0 aromatic heterocycles. The Hall–Kier alpha value is -2.58. The molecule has 0 spiro atoms. The summed E-state index contributed by atoms with van der Waals surface area (Å²) in [6.45, 7) is 4.54. The van der Waals surface area contributed by atoms with Gasteiger partial charge in [0, 0.05) is 6.42 Å². The van der Waals surface area contributed by atoms with Crippen molar-refractivity contribution in [2.75, 3.05) is 40.9 Å². The van der Waals surface area contributed by atoms with Crippen LogP contribution < -0.4 is 10.2 Å². The van der Waals surface area contributed by atoms with Gasteiger partial charge in [-0.3, -0.25) is 9.36 Å². The average molecular weight is 1040 g/mol. The number of hydrogen-bond acceptors (Lipinski definition) is 6. The zero-order valence-electron chi connectivity index (χ0n) is 48.1. The first-order chi connectivity index (χ1) is 35.5. The van der Waals surface area contributed by atoms with Gasteiger partial charge in [-0.25, -0.2) is 0 Å². The third-order valence-corrected chi connectivity index (χ3v) is 14.0. The second kappa shape index (κ2) is 54.2. The summed E-state index contributed by atoms with van der Waals surface area (Å²) in [5.74, 6) is -0.206. The number of phosphoric acid groups is 1. The monoisotopic (exact) mass is 1040 g/mol. The van der Waals surface area contributed by atoms with Gasteiger partial charge in [-0.05, 0) is 77.0 Å². The Morgan fingerprint density at radius 3 is 1.22 bits per heavy atom. The van der Waals surface area contributed by atoms with Crippen molar-refractivity contribution in [1.82, 2.24) is 5.32 Å². The predicted octanol–water partition coefficient (Wildman–Crippen LogP) is 18.0. The van der Waals surface area contributed by atoms with Crippen LogP contribution in [0.1, 0.15) is 251 Å². The number of allylic oxidation sites excluding steroid dienone is 15. The topological polar surface area (TPSA) is 108 Å². The van der Waals surface area contributed by atoms with Crippen LogP contribution in [0.4, 0.5) is 0 Å². The standard InChI is InChI=1S/C64H115N2O6P/c1-6-8-10-12-14-16-18-20-22-24-26-28-29-30-31-32-33-34-35-36-37-38-40-42-44-46-48-50-52-54-56-58-64(68)65-62(61-72-73(69,70)71-60-59-66(3,4)5)63(67)57-55-53-51-49-47-45-43-41-39-27-25-23-21-19-17-15-13-11-9-7-2/h8,10,14,16,20,22,26,28,30-31,33-34,36-37,55,57,62-63,67H,6-7,9,11-13,15,17-19,21,23-25,27,29,32,35,38-54,56,58-61H2,1-5H3,(H-,65,68,69,70)/b10-8-,16-14-,22-20-,28-26-,31-30-,34-33-,37-36-,57-55+. The highest BCUT2D eigenvalue weighted by Gasteiger charge is 2.23. The Balaban J connectivity index is 4.22. The summed E-state index contributed by atoms with van der Waals surface area (Å²) in [7, 11) is 1.25. The summed E-state index contributed by atoms with van der Waals surface area (Å²) in [6, 6.07) is -0.897. The molecule has 2 N–H and O–H groups in total. The third kappa shape index (κ3) is 57.0. The Labute approximate surface area is 451 Å². The van der Waals surface area contributed by atoms with Crippen LogP contribution in [0.15, 0.2) is 97.2 Å². The molecule has 0 saturated heterocycles. The van der Waals surface area contributed by atoms with Gasteiger partial charge in [0.05, 0.1) is 39.9 Å². The number of aliphatic hydroxyl groups is 1. The van der Waals surface area contributed by atoms with Crippen LogP contribution in [0.5, 0.6) is 0 Å². The molecule has 0 rings (SSSR count). The molecule has 0 aliphatic heterocycles. The van der Waals surface area contributed by atoms with Crippen LogP contribution in [0.3, 0.4) is 0 Å². The molecule has 0 aromatic carbocycles. The molecule has 0 aromatic rings. The first-order valence-electron chi connectivity index (χ1n) is 30.1. The van der Waals surface area contributed by atoms with E-state index >= 15 is 0 Å². The van der Waals surface area contributed by atoms with Crippen molar-refractivity contribution in [3.8, 4) is 0 Å². The van der Waals surface area contributed by atoms with E-state index < -0.39 is 20.0 Å². The fourth-order valence-electron chi connectivity index (χ4n) is 8.37. The predicted molar refractivity (Wildman–Crippen MR) is 316 cm³/mol. The first kappa shape index (κ1) is 70.4. The molecule has 422 valence electrons. The van der Waals surface area contributed by atoms with Gasteiger partial charge in [0.1, 0.15) is 13.2 Å². The van der Waals surface area contributed by atoms with Gasteiger partial charge in [-0.2, -0.15) is 0 Å². The van der Waals surface area contributed by atoms with E-state index in [-0.39, 0.29) is 19.1 Å². The number of rotatable bonds is 54. The lowest BCUT2D eigenvalue weighted by Crippen LogP contribution is -2.45. The summed E-state index contributed by atoms with van der Waals surface area (Å²) >= 11 is 0. The lowest BCUT2D eigenvalue weighted by molar-refractivity contribution is -0.870. The molecule has 0 aliphatic rings. The number of likely N-dealkylation sites (N-methyl/N-ethyl adjacent to an activating group) is 1. The lowest BCUT2D eigenvalue weighted by Gasteiger charge is -2.29. The second-order valence-corrected chi connectivity index (χ2v) is 22.7. The minimum absolute atomic E-state index is 0.00635. The fraction of sp³-hybridized carbons (Fsp3) is 0.734. The highest BCUT2D eigenvalue weighted by atomic mass is 31.2. The minimum Gasteiger partial charge on any atom is -0.756 e. The number of carbonyl (C=O) groups is 1. The van der Waals surface area contributed by atoms with E-state index in [1.807, 2.05) is 27.2 Å². The van der Waals surface area contributed by atoms with Crippen LogP contribution >= 0.6 is 7.82 Å². The molecule has 0 heterocycles. The number of hydrogen-bond donors (Lipinski definition) is 2. The van der Waals surface area contributed by atoms with Crippen LogP contribution in [0, 0.1) is 0 Å². The SMILES string of the molecule is CC/C=C\C/C=C\C/C=C\C/C=C\C/C=C\C/C=C\C/C=C\CCCCCCCCCCCC(=O)NC(COP(=O)([O-])OCC[N+](C)(C)C)C(O)/C=C/CCCCCCCCCCCCCCCCCCCC. The Bertz CT molecular complexity index is 1510. The van der Waals surface area contributed by atoms with E-state index in [0.29, 0.717) is 17.4 Å². The van der Waals surface area contributed by atoms with E-state index in [9.17, 15) is 19.4 Å². The van der Waals surface area contributed by atoms with Gasteiger partial charge in [0.15, 0.2) is 0 Å². The largest absolute Gasteiger partial charge is 0.756 e. The highest BCUT2D eigenvalue weighted by molar-refractivity contribution is 7.45. The number of carbonyl (C=O) groups excluding carboxylic acids is 1. The van der Waals surface area contributed by atoms with Gasteiger partial charge in [-0.15, -0.1) is 0 Å². The molecule has 0 bridgehead atoms. The molecule has 1 amide bonds. The van der Waals surface area contributed by atoms with E-state index in [1.54, 1.807) is 6.08 Å². The maximum Gasteiger partial charge on any atom is 0.268 e. The molecule has 3 atom stereocenters. The molecular weight excluding hydrogens is 924 g/mol. The molecule has 0 fully saturated rings. The van der Waals surface area contributed by atoms with Crippen molar-refractivity contribution in [1.29, 1.82) is 0 Å². The summed E-state index contributed by atoms with van der Waals surface area (Å²) < 4.78 is 23.4. The summed E-state index contributed by atoms with van der Waals surface area (Å²) in [5.41, 5.74) is 0. The lowest BCUT2D eigenvalue weighted by atomic mass is 10.0. The van der Waals surface area contributed by atoms with Gasteiger partial charge >= 0.3 is 0 Å². The van der Waals surface area contributed by atoms with Crippen molar-refractivity contribution in [2.24, 2.45) is 0 Å². The van der Waals surface area contributed by atoms with E-state index in [4.69, 9.17) is 9.05 Å². The number of quaternary nitrogens is 1. The van der Waals surface area contributed by atoms with Crippen molar-refractivity contribution >= 4 is 13.7 Å². The van der Waals surface area contributed by atoms with Crippen molar-refractivity contribution in [3.05, 3.63) is 97.2 Å². The maximum atomic E-state index is 13.0. The number of aliphatic hydroxyl groups excluding tert-OH is 1.